The number of methoxy groups -OCH3 is 2. The fraction of sp³-hybridized carbons (Fsp3) is 0.235. The average Bonchev–Trinajstić information content (AvgIpc) is 2.54. The second-order valence-corrected chi connectivity index (χ2v) is 4.39. The highest BCUT2D eigenvalue weighted by Gasteiger charge is 2.14. The lowest BCUT2D eigenvalue weighted by Gasteiger charge is -2.13. The van der Waals surface area contributed by atoms with Crippen molar-refractivity contribution in [2.24, 2.45) is 0 Å². The standard InChI is InChI=1S/C17H18O4/c1-4-14(18)13-10-9-12(19-2)11-17(13)21-16-8-6-5-7-15(16)20-3/h5-11H,4H2,1-3H3. The van der Waals surface area contributed by atoms with Gasteiger partial charge in [-0.1, -0.05) is 19.1 Å². The highest BCUT2D eigenvalue weighted by atomic mass is 16.5. The van der Waals surface area contributed by atoms with Crippen molar-refractivity contribution >= 4 is 5.78 Å². The summed E-state index contributed by atoms with van der Waals surface area (Å²) < 4.78 is 16.3. The Hall–Kier alpha value is -2.49. The first-order chi connectivity index (χ1) is 10.2. The number of carbonyl (C=O) groups is 1. The van der Waals surface area contributed by atoms with Crippen molar-refractivity contribution in [2.45, 2.75) is 13.3 Å². The third-order valence-electron chi connectivity index (χ3n) is 3.10. The molecule has 2 aromatic carbocycles. The molecule has 110 valence electrons. The summed E-state index contributed by atoms with van der Waals surface area (Å²) in [5.41, 5.74) is 0.532. The van der Waals surface area contributed by atoms with Crippen LogP contribution in [0.25, 0.3) is 0 Å². The number of carbonyl (C=O) groups excluding carboxylic acids is 1. The third-order valence-corrected chi connectivity index (χ3v) is 3.10. The Morgan fingerprint density at radius 1 is 0.952 bits per heavy atom. The van der Waals surface area contributed by atoms with Gasteiger partial charge in [-0.2, -0.15) is 0 Å². The molecular formula is C17H18O4. The fourth-order valence-electron chi connectivity index (χ4n) is 1.96. The van der Waals surface area contributed by atoms with Gasteiger partial charge in [0.1, 0.15) is 11.5 Å². The quantitative estimate of drug-likeness (QED) is 0.750. The minimum atomic E-state index is 0.0163. The topological polar surface area (TPSA) is 44.8 Å². The lowest BCUT2D eigenvalue weighted by atomic mass is 10.1. The third kappa shape index (κ3) is 3.34. The van der Waals surface area contributed by atoms with E-state index in [0.717, 1.165) is 0 Å². The van der Waals surface area contributed by atoms with Gasteiger partial charge in [0.15, 0.2) is 17.3 Å². The second kappa shape index (κ2) is 6.79. The van der Waals surface area contributed by atoms with E-state index < -0.39 is 0 Å². The van der Waals surface area contributed by atoms with E-state index in [9.17, 15) is 4.79 Å². The van der Waals surface area contributed by atoms with Gasteiger partial charge in [0, 0.05) is 12.5 Å². The molecule has 0 atom stereocenters. The highest BCUT2D eigenvalue weighted by molar-refractivity contribution is 5.98. The van der Waals surface area contributed by atoms with E-state index in [1.165, 1.54) is 0 Å². The zero-order valence-electron chi connectivity index (χ0n) is 12.4. The molecule has 0 saturated heterocycles. The minimum absolute atomic E-state index is 0.0163. The Balaban J connectivity index is 2.43. The molecule has 0 heterocycles. The number of ether oxygens (including phenoxy) is 3. The van der Waals surface area contributed by atoms with Crippen LogP contribution in [0, 0.1) is 0 Å². The first kappa shape index (κ1) is 14.9. The van der Waals surface area contributed by atoms with Crippen molar-refractivity contribution in [2.75, 3.05) is 14.2 Å². The van der Waals surface area contributed by atoms with Crippen LogP contribution in [0.3, 0.4) is 0 Å². The maximum atomic E-state index is 12.0. The molecule has 0 saturated carbocycles. The van der Waals surface area contributed by atoms with E-state index in [0.29, 0.717) is 35.0 Å². The van der Waals surface area contributed by atoms with Crippen LogP contribution < -0.4 is 14.2 Å². The van der Waals surface area contributed by atoms with Crippen LogP contribution in [0.15, 0.2) is 42.5 Å². The molecule has 0 unspecified atom stereocenters. The Morgan fingerprint density at radius 3 is 2.29 bits per heavy atom. The molecule has 21 heavy (non-hydrogen) atoms. The van der Waals surface area contributed by atoms with Crippen LogP contribution in [0.4, 0.5) is 0 Å². The maximum absolute atomic E-state index is 12.0. The number of hydrogen-bond acceptors (Lipinski definition) is 4. The van der Waals surface area contributed by atoms with Gasteiger partial charge in [0.05, 0.1) is 19.8 Å². The van der Waals surface area contributed by atoms with Gasteiger partial charge in [-0.05, 0) is 24.3 Å². The molecule has 4 heteroatoms. The summed E-state index contributed by atoms with van der Waals surface area (Å²) in [7, 11) is 3.15. The SMILES string of the molecule is CCC(=O)c1ccc(OC)cc1Oc1ccccc1OC. The van der Waals surface area contributed by atoms with Gasteiger partial charge < -0.3 is 14.2 Å². The first-order valence-corrected chi connectivity index (χ1v) is 6.71. The number of benzene rings is 2. The van der Waals surface area contributed by atoms with E-state index >= 15 is 0 Å². The molecule has 4 nitrogen and oxygen atoms in total. The number of Topliss-reactive ketones (excluding diaryl/α,β-unsaturated/α-hetero) is 1. The number of ketones is 1. The average molecular weight is 286 g/mol. The van der Waals surface area contributed by atoms with Crippen LogP contribution in [0.5, 0.6) is 23.0 Å². The van der Waals surface area contributed by atoms with E-state index in [-0.39, 0.29) is 5.78 Å². The molecule has 0 N–H and O–H groups in total. The summed E-state index contributed by atoms with van der Waals surface area (Å²) in [6.07, 6.45) is 0.411. The summed E-state index contributed by atoms with van der Waals surface area (Å²) >= 11 is 0. The molecule has 0 amide bonds. The molecule has 0 aliphatic rings. The monoisotopic (exact) mass is 286 g/mol. The van der Waals surface area contributed by atoms with E-state index in [4.69, 9.17) is 14.2 Å². The van der Waals surface area contributed by atoms with Crippen molar-refractivity contribution in [3.05, 3.63) is 48.0 Å². The van der Waals surface area contributed by atoms with Crippen molar-refractivity contribution < 1.29 is 19.0 Å². The smallest absolute Gasteiger partial charge is 0.169 e. The maximum Gasteiger partial charge on any atom is 0.169 e. The summed E-state index contributed by atoms with van der Waals surface area (Å²) in [6.45, 7) is 1.82. The Bertz CT molecular complexity index is 634. The van der Waals surface area contributed by atoms with Gasteiger partial charge in [-0.15, -0.1) is 0 Å². The normalized spacial score (nSPS) is 10.0. The molecule has 0 aromatic heterocycles. The van der Waals surface area contributed by atoms with Crippen molar-refractivity contribution in [3.63, 3.8) is 0 Å². The Kier molecular flexibility index (Phi) is 4.82. The fourth-order valence-corrected chi connectivity index (χ4v) is 1.96. The zero-order valence-corrected chi connectivity index (χ0v) is 12.4. The van der Waals surface area contributed by atoms with Crippen LogP contribution in [-0.4, -0.2) is 20.0 Å². The first-order valence-electron chi connectivity index (χ1n) is 6.71. The number of rotatable bonds is 6. The Morgan fingerprint density at radius 2 is 1.67 bits per heavy atom. The summed E-state index contributed by atoms with van der Waals surface area (Å²) in [5.74, 6) is 2.27. The molecule has 2 aromatic rings. The molecule has 0 fully saturated rings. The van der Waals surface area contributed by atoms with Gasteiger partial charge in [-0.3, -0.25) is 4.79 Å². The lowest BCUT2D eigenvalue weighted by Crippen LogP contribution is -2.01. The van der Waals surface area contributed by atoms with Crippen LogP contribution in [-0.2, 0) is 0 Å². The van der Waals surface area contributed by atoms with Gasteiger partial charge in [-0.25, -0.2) is 0 Å². The van der Waals surface area contributed by atoms with Crippen molar-refractivity contribution in [3.8, 4) is 23.0 Å². The second-order valence-electron chi connectivity index (χ2n) is 4.39. The van der Waals surface area contributed by atoms with Crippen molar-refractivity contribution in [1.29, 1.82) is 0 Å². The number of para-hydroxylation sites is 2. The van der Waals surface area contributed by atoms with E-state index in [1.807, 2.05) is 19.1 Å². The van der Waals surface area contributed by atoms with E-state index in [1.54, 1.807) is 44.6 Å². The lowest BCUT2D eigenvalue weighted by molar-refractivity contribution is 0.0986. The van der Waals surface area contributed by atoms with Crippen molar-refractivity contribution in [1.82, 2.24) is 0 Å². The predicted octanol–water partition coefficient (Wildman–Crippen LogP) is 4.09. The summed E-state index contributed by atoms with van der Waals surface area (Å²) in [6, 6.07) is 12.5. The van der Waals surface area contributed by atoms with Crippen LogP contribution >= 0.6 is 0 Å². The molecule has 0 bridgehead atoms. The molecular weight excluding hydrogens is 268 g/mol. The molecule has 0 aliphatic heterocycles. The molecule has 0 spiro atoms. The summed E-state index contributed by atoms with van der Waals surface area (Å²) in [4.78, 5) is 12.0. The van der Waals surface area contributed by atoms with Gasteiger partial charge in [0.2, 0.25) is 0 Å². The zero-order chi connectivity index (χ0) is 15.2. The number of hydrogen-bond donors (Lipinski definition) is 0. The Labute approximate surface area is 124 Å². The van der Waals surface area contributed by atoms with Gasteiger partial charge in [0.25, 0.3) is 0 Å². The molecule has 2 rings (SSSR count). The van der Waals surface area contributed by atoms with Crippen LogP contribution in [0.1, 0.15) is 23.7 Å². The van der Waals surface area contributed by atoms with Crippen LogP contribution in [0.2, 0.25) is 0 Å². The van der Waals surface area contributed by atoms with Gasteiger partial charge >= 0.3 is 0 Å². The molecule has 0 radical (unpaired) electrons. The predicted molar refractivity (Wildman–Crippen MR) is 80.7 cm³/mol. The van der Waals surface area contributed by atoms with E-state index in [2.05, 4.69) is 0 Å². The highest BCUT2D eigenvalue weighted by Crippen LogP contribution is 2.35. The summed E-state index contributed by atoms with van der Waals surface area (Å²) in [5, 5.41) is 0. The molecule has 0 aliphatic carbocycles. The largest absolute Gasteiger partial charge is 0.497 e. The minimum Gasteiger partial charge on any atom is -0.497 e.